The number of aromatic nitrogens is 1. The smallest absolute Gasteiger partial charge is 0.231 e. The van der Waals surface area contributed by atoms with Gasteiger partial charge in [0.25, 0.3) is 0 Å². The van der Waals surface area contributed by atoms with E-state index in [9.17, 15) is 14.0 Å². The van der Waals surface area contributed by atoms with Crippen molar-refractivity contribution in [1.82, 2.24) is 9.88 Å². The highest BCUT2D eigenvalue weighted by molar-refractivity contribution is 5.94. The van der Waals surface area contributed by atoms with Crippen LogP contribution in [0.25, 0.3) is 0 Å². The highest BCUT2D eigenvalue weighted by Crippen LogP contribution is 2.37. The zero-order valence-electron chi connectivity index (χ0n) is 14.2. The molecule has 0 unspecified atom stereocenters. The maximum absolute atomic E-state index is 14.3. The van der Waals surface area contributed by atoms with E-state index in [0.717, 1.165) is 5.56 Å². The number of carbonyl (C=O) groups is 2. The first kappa shape index (κ1) is 17.1. The number of likely N-dealkylation sites (tertiary alicyclic amines) is 1. The van der Waals surface area contributed by atoms with Crippen LogP contribution in [0.1, 0.15) is 30.0 Å². The fourth-order valence-corrected chi connectivity index (χ4v) is 3.28. The minimum Gasteiger partial charge on any atom is -0.338 e. The summed E-state index contributed by atoms with van der Waals surface area (Å²) in [6.45, 7) is 1.91. The minimum absolute atomic E-state index is 0.0917. The van der Waals surface area contributed by atoms with Crippen molar-refractivity contribution in [2.75, 3.05) is 12.4 Å². The van der Waals surface area contributed by atoms with Gasteiger partial charge in [-0.25, -0.2) is 9.37 Å². The molecule has 1 saturated heterocycles. The number of hydrogen-bond donors (Lipinski definition) is 1. The van der Waals surface area contributed by atoms with Gasteiger partial charge in [-0.3, -0.25) is 9.59 Å². The molecule has 2 amide bonds. The van der Waals surface area contributed by atoms with Gasteiger partial charge in [0.05, 0.1) is 12.0 Å². The number of halogens is 1. The monoisotopic (exact) mass is 341 g/mol. The van der Waals surface area contributed by atoms with Crippen molar-refractivity contribution >= 4 is 17.6 Å². The number of pyridine rings is 1. The number of nitrogens with zero attached hydrogens (tertiary/aromatic N) is 2. The Morgan fingerprint density at radius 3 is 2.80 bits per heavy atom. The number of amides is 2. The van der Waals surface area contributed by atoms with Crippen LogP contribution >= 0.6 is 0 Å². The Hall–Kier alpha value is -2.76. The van der Waals surface area contributed by atoms with Gasteiger partial charge in [-0.05, 0) is 37.1 Å². The lowest BCUT2D eigenvalue weighted by molar-refractivity contribution is -0.140. The van der Waals surface area contributed by atoms with Crippen molar-refractivity contribution in [3.63, 3.8) is 0 Å². The predicted octanol–water partition coefficient (Wildman–Crippen LogP) is 3.08. The highest BCUT2D eigenvalue weighted by atomic mass is 19.1. The maximum atomic E-state index is 14.3. The van der Waals surface area contributed by atoms with Gasteiger partial charge >= 0.3 is 0 Å². The van der Waals surface area contributed by atoms with E-state index in [1.54, 1.807) is 37.5 Å². The Balaban J connectivity index is 1.90. The van der Waals surface area contributed by atoms with E-state index in [4.69, 9.17) is 0 Å². The first-order valence-electron chi connectivity index (χ1n) is 8.21. The van der Waals surface area contributed by atoms with Gasteiger partial charge in [-0.1, -0.05) is 18.2 Å². The molecule has 1 aliphatic heterocycles. The lowest BCUT2D eigenvalue weighted by Crippen LogP contribution is -2.45. The van der Waals surface area contributed by atoms with Gasteiger partial charge in [-0.2, -0.15) is 0 Å². The van der Waals surface area contributed by atoms with E-state index in [0.29, 0.717) is 17.8 Å². The van der Waals surface area contributed by atoms with Gasteiger partial charge in [0, 0.05) is 25.2 Å². The molecule has 2 aromatic rings. The predicted molar refractivity (Wildman–Crippen MR) is 92.2 cm³/mol. The summed E-state index contributed by atoms with van der Waals surface area (Å²) in [7, 11) is 1.61. The van der Waals surface area contributed by atoms with Crippen molar-refractivity contribution in [1.29, 1.82) is 0 Å². The van der Waals surface area contributed by atoms with Crippen LogP contribution in [0.15, 0.2) is 42.6 Å². The van der Waals surface area contributed by atoms with E-state index in [2.05, 4.69) is 10.3 Å². The van der Waals surface area contributed by atoms with E-state index < -0.39 is 17.8 Å². The lowest BCUT2D eigenvalue weighted by atomic mass is 9.83. The molecule has 6 heteroatoms. The van der Waals surface area contributed by atoms with Crippen molar-refractivity contribution in [2.24, 2.45) is 5.92 Å². The average molecular weight is 341 g/mol. The largest absolute Gasteiger partial charge is 0.338 e. The first-order chi connectivity index (χ1) is 12.0. The SMILES string of the molecule is Cc1ccnc(NC(=O)[C@H]2CCC(=O)N(C)[C@H]2c2ccccc2F)c1. The van der Waals surface area contributed by atoms with E-state index in [1.165, 1.54) is 11.0 Å². The zero-order valence-corrected chi connectivity index (χ0v) is 14.2. The van der Waals surface area contributed by atoms with E-state index >= 15 is 0 Å². The molecule has 5 nitrogen and oxygen atoms in total. The molecular weight excluding hydrogens is 321 g/mol. The number of hydrogen-bond acceptors (Lipinski definition) is 3. The number of rotatable bonds is 3. The van der Waals surface area contributed by atoms with E-state index in [1.807, 2.05) is 13.0 Å². The molecule has 1 aromatic heterocycles. The Morgan fingerprint density at radius 1 is 1.32 bits per heavy atom. The third kappa shape index (κ3) is 3.52. The summed E-state index contributed by atoms with van der Waals surface area (Å²) in [6, 6.07) is 9.25. The summed E-state index contributed by atoms with van der Waals surface area (Å²) >= 11 is 0. The first-order valence-corrected chi connectivity index (χ1v) is 8.21. The Labute approximate surface area is 145 Å². The van der Waals surface area contributed by atoms with Crippen LogP contribution in [0, 0.1) is 18.7 Å². The summed E-state index contributed by atoms with van der Waals surface area (Å²) in [5, 5.41) is 2.80. The second-order valence-electron chi connectivity index (χ2n) is 6.32. The summed E-state index contributed by atoms with van der Waals surface area (Å²) in [6.07, 6.45) is 2.26. The maximum Gasteiger partial charge on any atom is 0.231 e. The molecule has 1 N–H and O–H groups in total. The zero-order chi connectivity index (χ0) is 18.0. The number of anilines is 1. The fraction of sp³-hybridized carbons (Fsp3) is 0.316. The standard InChI is InChI=1S/C19H20FN3O2/c1-12-9-10-21-16(11-12)22-19(25)14-7-8-17(24)23(2)18(14)13-5-3-4-6-15(13)20/h3-6,9-11,14,18H,7-8H2,1-2H3,(H,21,22,25)/t14-,18-/m0/s1. The fourth-order valence-electron chi connectivity index (χ4n) is 3.28. The van der Waals surface area contributed by atoms with Crippen LogP contribution in [0.4, 0.5) is 10.2 Å². The third-order valence-electron chi connectivity index (χ3n) is 4.59. The quantitative estimate of drug-likeness (QED) is 0.933. The normalized spacial score (nSPS) is 20.4. The number of carbonyl (C=O) groups excluding carboxylic acids is 2. The third-order valence-corrected chi connectivity index (χ3v) is 4.59. The molecule has 0 saturated carbocycles. The highest BCUT2D eigenvalue weighted by Gasteiger charge is 2.40. The molecule has 1 aliphatic rings. The molecule has 25 heavy (non-hydrogen) atoms. The minimum atomic E-state index is -0.632. The number of nitrogens with one attached hydrogen (secondary N) is 1. The Kier molecular flexibility index (Phi) is 4.79. The molecule has 3 rings (SSSR count). The summed E-state index contributed by atoms with van der Waals surface area (Å²) in [5.74, 6) is -0.851. The Morgan fingerprint density at radius 2 is 2.08 bits per heavy atom. The summed E-state index contributed by atoms with van der Waals surface area (Å²) in [4.78, 5) is 30.5. The van der Waals surface area contributed by atoms with Crippen LogP contribution in [0.5, 0.6) is 0 Å². The van der Waals surface area contributed by atoms with Crippen LogP contribution in [0.3, 0.4) is 0 Å². The summed E-state index contributed by atoms with van der Waals surface area (Å²) in [5.41, 5.74) is 1.34. The second-order valence-corrected chi connectivity index (χ2v) is 6.32. The van der Waals surface area contributed by atoms with Crippen LogP contribution in [-0.4, -0.2) is 28.7 Å². The van der Waals surface area contributed by atoms with Crippen molar-refractivity contribution in [3.05, 3.63) is 59.5 Å². The molecule has 1 aromatic carbocycles. The molecule has 2 heterocycles. The number of piperidine rings is 1. The van der Waals surface area contributed by atoms with Crippen molar-refractivity contribution in [3.8, 4) is 0 Å². The van der Waals surface area contributed by atoms with Gasteiger partial charge in [0.2, 0.25) is 11.8 Å². The van der Waals surface area contributed by atoms with Gasteiger partial charge < -0.3 is 10.2 Å². The molecule has 0 radical (unpaired) electrons. The molecule has 1 fully saturated rings. The molecule has 0 aliphatic carbocycles. The molecule has 0 spiro atoms. The van der Waals surface area contributed by atoms with Gasteiger partial charge in [0.1, 0.15) is 11.6 Å². The van der Waals surface area contributed by atoms with Crippen molar-refractivity contribution in [2.45, 2.75) is 25.8 Å². The molecular formula is C19H20FN3O2. The summed E-state index contributed by atoms with van der Waals surface area (Å²) < 4.78 is 14.3. The Bertz CT molecular complexity index is 809. The van der Waals surface area contributed by atoms with Crippen molar-refractivity contribution < 1.29 is 14.0 Å². The molecule has 0 bridgehead atoms. The number of benzene rings is 1. The van der Waals surface area contributed by atoms with Crippen LogP contribution in [0.2, 0.25) is 0 Å². The molecule has 130 valence electrons. The van der Waals surface area contributed by atoms with Crippen LogP contribution in [-0.2, 0) is 9.59 Å². The molecule has 2 atom stereocenters. The van der Waals surface area contributed by atoms with Crippen LogP contribution < -0.4 is 5.32 Å². The average Bonchev–Trinajstić information content (AvgIpc) is 2.58. The van der Waals surface area contributed by atoms with Gasteiger partial charge in [0.15, 0.2) is 0 Å². The lowest BCUT2D eigenvalue weighted by Gasteiger charge is -2.38. The number of aryl methyl sites for hydroxylation is 1. The van der Waals surface area contributed by atoms with E-state index in [-0.39, 0.29) is 18.2 Å². The topological polar surface area (TPSA) is 62.3 Å². The second kappa shape index (κ2) is 7.01. The van der Waals surface area contributed by atoms with Gasteiger partial charge in [-0.15, -0.1) is 0 Å².